The van der Waals surface area contributed by atoms with Gasteiger partial charge >= 0.3 is 0 Å². The fourth-order valence-electron chi connectivity index (χ4n) is 3.10. The molecule has 1 aliphatic rings. The Morgan fingerprint density at radius 2 is 2.00 bits per heavy atom. The summed E-state index contributed by atoms with van der Waals surface area (Å²) in [4.78, 5) is 16.3. The Morgan fingerprint density at radius 3 is 2.76 bits per heavy atom. The van der Waals surface area contributed by atoms with Gasteiger partial charge in [0.25, 0.3) is 0 Å². The minimum Gasteiger partial charge on any atom is -0.492 e. The lowest BCUT2D eigenvalue weighted by Gasteiger charge is -2.25. The number of aromatic nitrogens is 4. The summed E-state index contributed by atoms with van der Waals surface area (Å²) >= 11 is 0. The zero-order valence-electron chi connectivity index (χ0n) is 17.3. The van der Waals surface area contributed by atoms with Gasteiger partial charge in [-0.15, -0.1) is 5.10 Å². The number of aryl methyl sites for hydroxylation is 2. The summed E-state index contributed by atoms with van der Waals surface area (Å²) in [5.41, 5.74) is 1.19. The van der Waals surface area contributed by atoms with Gasteiger partial charge in [0.1, 0.15) is 12.4 Å². The van der Waals surface area contributed by atoms with Crippen LogP contribution in [0.25, 0.3) is 0 Å². The van der Waals surface area contributed by atoms with Gasteiger partial charge in [-0.1, -0.05) is 17.7 Å². The smallest absolute Gasteiger partial charge is 0.222 e. The van der Waals surface area contributed by atoms with Gasteiger partial charge in [0.15, 0.2) is 5.82 Å². The summed E-state index contributed by atoms with van der Waals surface area (Å²) in [7, 11) is 1.81. The molecule has 0 spiro atoms. The minimum atomic E-state index is 0.0975. The number of morpholine rings is 1. The van der Waals surface area contributed by atoms with Crippen molar-refractivity contribution >= 4 is 5.91 Å². The summed E-state index contributed by atoms with van der Waals surface area (Å²) in [5, 5.41) is 12.0. The van der Waals surface area contributed by atoms with Crippen molar-refractivity contribution in [3.8, 4) is 5.75 Å². The fourth-order valence-corrected chi connectivity index (χ4v) is 3.10. The molecular formula is C20H30N6O3. The summed E-state index contributed by atoms with van der Waals surface area (Å²) in [6.45, 7) is 7.68. The molecule has 0 N–H and O–H groups in total. The number of ether oxygens (including phenoxy) is 2. The SMILES string of the molecule is Cc1ccc(OCCN(C)C(=O)CCCn2nnnc2CN2CCOCC2)cc1. The van der Waals surface area contributed by atoms with E-state index in [-0.39, 0.29) is 5.91 Å². The highest BCUT2D eigenvalue weighted by molar-refractivity contribution is 5.75. The highest BCUT2D eigenvalue weighted by Crippen LogP contribution is 2.11. The van der Waals surface area contributed by atoms with Gasteiger partial charge in [-0.2, -0.15) is 0 Å². The van der Waals surface area contributed by atoms with Crippen LogP contribution in [0.1, 0.15) is 24.2 Å². The van der Waals surface area contributed by atoms with Gasteiger partial charge in [0.2, 0.25) is 5.91 Å². The second-order valence-electron chi connectivity index (χ2n) is 7.29. The van der Waals surface area contributed by atoms with E-state index >= 15 is 0 Å². The minimum absolute atomic E-state index is 0.0975. The Kier molecular flexibility index (Phi) is 7.94. The highest BCUT2D eigenvalue weighted by atomic mass is 16.5. The van der Waals surface area contributed by atoms with Crippen molar-refractivity contribution in [2.45, 2.75) is 32.9 Å². The molecule has 1 amide bonds. The molecule has 1 aliphatic heterocycles. The molecule has 0 atom stereocenters. The van der Waals surface area contributed by atoms with Gasteiger partial charge in [0, 0.05) is 33.1 Å². The number of carbonyl (C=O) groups excluding carboxylic acids is 1. The zero-order valence-corrected chi connectivity index (χ0v) is 17.3. The summed E-state index contributed by atoms with van der Waals surface area (Å²) in [6.07, 6.45) is 1.15. The maximum absolute atomic E-state index is 12.3. The molecule has 0 bridgehead atoms. The van der Waals surface area contributed by atoms with Crippen LogP contribution in [0.5, 0.6) is 5.75 Å². The van der Waals surface area contributed by atoms with Crippen LogP contribution in [-0.2, 0) is 22.6 Å². The number of rotatable bonds is 10. The molecule has 3 rings (SSSR count). The third-order valence-corrected chi connectivity index (χ3v) is 4.98. The number of hydrogen-bond acceptors (Lipinski definition) is 7. The average molecular weight is 402 g/mol. The van der Waals surface area contributed by atoms with E-state index in [2.05, 4.69) is 20.4 Å². The van der Waals surface area contributed by atoms with Gasteiger partial charge in [0.05, 0.1) is 26.3 Å². The van der Waals surface area contributed by atoms with E-state index < -0.39 is 0 Å². The molecule has 0 aliphatic carbocycles. The molecule has 1 fully saturated rings. The first-order chi connectivity index (χ1) is 14.1. The Hall–Kier alpha value is -2.52. The molecule has 0 radical (unpaired) electrons. The monoisotopic (exact) mass is 402 g/mol. The van der Waals surface area contributed by atoms with E-state index in [4.69, 9.17) is 9.47 Å². The lowest BCUT2D eigenvalue weighted by molar-refractivity contribution is -0.130. The van der Waals surface area contributed by atoms with E-state index in [1.54, 1.807) is 9.58 Å². The van der Waals surface area contributed by atoms with E-state index in [0.29, 0.717) is 39.1 Å². The molecule has 1 aromatic carbocycles. The van der Waals surface area contributed by atoms with Crippen molar-refractivity contribution in [3.63, 3.8) is 0 Å². The average Bonchev–Trinajstić information content (AvgIpc) is 3.17. The standard InChI is InChI=1S/C20H30N6O3/c1-17-5-7-18(8-6-17)29-15-10-24(2)20(27)4-3-9-26-19(21-22-23-26)16-25-11-13-28-14-12-25/h5-8H,3-4,9-16H2,1-2H3. The largest absolute Gasteiger partial charge is 0.492 e. The fraction of sp³-hybridized carbons (Fsp3) is 0.600. The van der Waals surface area contributed by atoms with Crippen LogP contribution in [-0.4, -0.2) is 82.4 Å². The van der Waals surface area contributed by atoms with Crippen LogP contribution in [0.3, 0.4) is 0 Å². The van der Waals surface area contributed by atoms with Crippen molar-refractivity contribution in [3.05, 3.63) is 35.7 Å². The molecule has 1 aromatic heterocycles. The predicted molar refractivity (Wildman–Crippen MR) is 107 cm³/mol. The second kappa shape index (κ2) is 10.9. The van der Waals surface area contributed by atoms with Crippen molar-refractivity contribution in [2.24, 2.45) is 0 Å². The summed E-state index contributed by atoms with van der Waals surface area (Å²) in [5.74, 6) is 1.75. The molecule has 9 nitrogen and oxygen atoms in total. The van der Waals surface area contributed by atoms with E-state index in [1.807, 2.05) is 38.2 Å². The van der Waals surface area contributed by atoms with Gasteiger partial charge in [-0.3, -0.25) is 9.69 Å². The van der Waals surface area contributed by atoms with Gasteiger partial charge in [-0.25, -0.2) is 4.68 Å². The first-order valence-electron chi connectivity index (χ1n) is 10.1. The predicted octanol–water partition coefficient (Wildman–Crippen LogP) is 1.13. The number of nitrogens with zero attached hydrogens (tertiary/aromatic N) is 6. The van der Waals surface area contributed by atoms with E-state index in [9.17, 15) is 4.79 Å². The normalized spacial score (nSPS) is 14.7. The number of likely N-dealkylation sites (N-methyl/N-ethyl adjacent to an activating group) is 1. The lowest BCUT2D eigenvalue weighted by Crippen LogP contribution is -2.36. The third-order valence-electron chi connectivity index (χ3n) is 4.98. The topological polar surface area (TPSA) is 85.6 Å². The molecule has 0 unspecified atom stereocenters. The van der Waals surface area contributed by atoms with Crippen LogP contribution < -0.4 is 4.74 Å². The Balaban J connectivity index is 1.35. The molecule has 158 valence electrons. The molecule has 0 saturated carbocycles. The first kappa shape index (κ1) is 21.2. The Morgan fingerprint density at radius 1 is 1.24 bits per heavy atom. The van der Waals surface area contributed by atoms with Gasteiger partial charge in [-0.05, 0) is 35.9 Å². The molecular weight excluding hydrogens is 372 g/mol. The van der Waals surface area contributed by atoms with E-state index in [1.165, 1.54) is 5.56 Å². The number of amides is 1. The van der Waals surface area contributed by atoms with E-state index in [0.717, 1.165) is 37.9 Å². The third kappa shape index (κ3) is 6.79. The summed E-state index contributed by atoms with van der Waals surface area (Å²) in [6, 6.07) is 7.91. The zero-order chi connectivity index (χ0) is 20.5. The number of hydrogen-bond donors (Lipinski definition) is 0. The van der Waals surface area contributed by atoms with Gasteiger partial charge < -0.3 is 14.4 Å². The quantitative estimate of drug-likeness (QED) is 0.589. The molecule has 1 saturated heterocycles. The Labute approximate surface area is 171 Å². The maximum atomic E-state index is 12.3. The first-order valence-corrected chi connectivity index (χ1v) is 10.1. The number of carbonyl (C=O) groups is 1. The molecule has 2 heterocycles. The van der Waals surface area contributed by atoms with Crippen molar-refractivity contribution in [1.82, 2.24) is 30.0 Å². The second-order valence-corrected chi connectivity index (χ2v) is 7.29. The van der Waals surface area contributed by atoms with Crippen LogP contribution >= 0.6 is 0 Å². The van der Waals surface area contributed by atoms with Crippen LogP contribution in [0.4, 0.5) is 0 Å². The van der Waals surface area contributed by atoms with Crippen molar-refractivity contribution < 1.29 is 14.3 Å². The maximum Gasteiger partial charge on any atom is 0.222 e. The number of benzene rings is 1. The lowest BCUT2D eigenvalue weighted by atomic mass is 10.2. The van der Waals surface area contributed by atoms with Crippen molar-refractivity contribution in [2.75, 3.05) is 46.5 Å². The molecule has 29 heavy (non-hydrogen) atoms. The highest BCUT2D eigenvalue weighted by Gasteiger charge is 2.15. The molecule has 9 heteroatoms. The Bertz CT molecular complexity index is 758. The molecule has 2 aromatic rings. The van der Waals surface area contributed by atoms with Crippen LogP contribution in [0.15, 0.2) is 24.3 Å². The van der Waals surface area contributed by atoms with Crippen LogP contribution in [0.2, 0.25) is 0 Å². The van der Waals surface area contributed by atoms with Crippen LogP contribution in [0, 0.1) is 6.92 Å². The number of tetrazole rings is 1. The summed E-state index contributed by atoms with van der Waals surface area (Å²) < 4.78 is 12.9. The van der Waals surface area contributed by atoms with Crippen molar-refractivity contribution in [1.29, 1.82) is 0 Å².